The molecule has 1 aliphatic heterocycles. The molecular formula is C23H26ClN3O2S. The Bertz CT molecular complexity index is 978. The Kier molecular flexibility index (Phi) is 6.87. The Morgan fingerprint density at radius 3 is 2.70 bits per heavy atom. The number of halogens is 1. The van der Waals surface area contributed by atoms with E-state index in [9.17, 15) is 4.79 Å². The molecule has 1 N–H and O–H groups in total. The summed E-state index contributed by atoms with van der Waals surface area (Å²) in [6, 6.07) is 9.69. The predicted octanol–water partition coefficient (Wildman–Crippen LogP) is 5.71. The average molecular weight is 444 g/mol. The summed E-state index contributed by atoms with van der Waals surface area (Å²) in [5, 5.41) is 12.1. The van der Waals surface area contributed by atoms with Crippen LogP contribution in [0.5, 0.6) is 0 Å². The van der Waals surface area contributed by atoms with E-state index >= 15 is 0 Å². The van der Waals surface area contributed by atoms with Gasteiger partial charge in [0.2, 0.25) is 0 Å². The molecule has 1 aliphatic rings. The highest BCUT2D eigenvalue weighted by Gasteiger charge is 2.26. The van der Waals surface area contributed by atoms with Gasteiger partial charge in [0.05, 0.1) is 11.1 Å². The van der Waals surface area contributed by atoms with E-state index in [1.165, 1.54) is 31.2 Å². The maximum Gasteiger partial charge on any atom is 0.257 e. The number of aromatic nitrogens is 1. The molecule has 1 aromatic carbocycles. The normalized spacial score (nSPS) is 16.2. The number of hydrogen-bond acceptors (Lipinski definition) is 5. The first-order valence-corrected chi connectivity index (χ1v) is 11.7. The van der Waals surface area contributed by atoms with Crippen LogP contribution in [0.1, 0.15) is 53.4 Å². The van der Waals surface area contributed by atoms with Crippen LogP contribution in [-0.2, 0) is 0 Å². The fourth-order valence-electron chi connectivity index (χ4n) is 4.08. The summed E-state index contributed by atoms with van der Waals surface area (Å²) in [5.74, 6) is 0.308. The summed E-state index contributed by atoms with van der Waals surface area (Å²) in [5.41, 5.74) is 2.89. The van der Waals surface area contributed by atoms with Crippen molar-refractivity contribution < 1.29 is 9.32 Å². The minimum atomic E-state index is -0.182. The van der Waals surface area contributed by atoms with Crippen molar-refractivity contribution in [3.63, 3.8) is 0 Å². The molecule has 0 bridgehead atoms. The molecule has 3 aromatic rings. The molecule has 3 heterocycles. The smallest absolute Gasteiger partial charge is 0.257 e. The molecular weight excluding hydrogens is 418 g/mol. The van der Waals surface area contributed by atoms with Gasteiger partial charge in [0.25, 0.3) is 5.91 Å². The highest BCUT2D eigenvalue weighted by molar-refractivity contribution is 7.08. The van der Waals surface area contributed by atoms with E-state index in [2.05, 4.69) is 32.2 Å². The summed E-state index contributed by atoms with van der Waals surface area (Å²) in [7, 11) is 0. The number of benzene rings is 1. The standard InChI is InChI=1S/C23H26ClN3O2S/c1-16-21(22(26-29-16)18-8-4-5-9-19(18)24)23(28)25-14-20(17-10-13-30-15-17)27-11-6-2-3-7-12-27/h4-5,8-10,13,15,20H,2-3,6-7,11-12,14H2,1H3,(H,25,28). The first kappa shape index (κ1) is 21.1. The second-order valence-corrected chi connectivity index (χ2v) is 8.86. The van der Waals surface area contributed by atoms with Gasteiger partial charge in [-0.25, -0.2) is 0 Å². The van der Waals surface area contributed by atoms with Gasteiger partial charge in [-0.3, -0.25) is 9.69 Å². The predicted molar refractivity (Wildman–Crippen MR) is 121 cm³/mol. The van der Waals surface area contributed by atoms with Crippen LogP contribution in [0.15, 0.2) is 45.6 Å². The molecule has 1 fully saturated rings. The topological polar surface area (TPSA) is 58.4 Å². The van der Waals surface area contributed by atoms with Crippen LogP contribution in [0.2, 0.25) is 5.02 Å². The highest BCUT2D eigenvalue weighted by Crippen LogP contribution is 2.31. The molecule has 30 heavy (non-hydrogen) atoms. The molecule has 1 atom stereocenters. The van der Waals surface area contributed by atoms with Gasteiger partial charge in [-0.1, -0.05) is 47.8 Å². The summed E-state index contributed by atoms with van der Waals surface area (Å²) in [6.45, 7) is 4.43. The second kappa shape index (κ2) is 9.77. The Hall–Kier alpha value is -2.15. The van der Waals surface area contributed by atoms with Crippen molar-refractivity contribution in [2.24, 2.45) is 0 Å². The number of amides is 1. The molecule has 2 aromatic heterocycles. The molecule has 0 aliphatic carbocycles. The number of carbonyl (C=O) groups is 1. The fourth-order valence-corrected chi connectivity index (χ4v) is 5.02. The zero-order valence-corrected chi connectivity index (χ0v) is 18.6. The molecule has 1 amide bonds. The third-order valence-electron chi connectivity index (χ3n) is 5.68. The second-order valence-electron chi connectivity index (χ2n) is 7.67. The van der Waals surface area contributed by atoms with E-state index in [0.29, 0.717) is 34.1 Å². The van der Waals surface area contributed by atoms with Crippen molar-refractivity contribution >= 4 is 28.8 Å². The van der Waals surface area contributed by atoms with E-state index in [1.807, 2.05) is 18.2 Å². The number of carbonyl (C=O) groups excluding carboxylic acids is 1. The van der Waals surface area contributed by atoms with Crippen LogP contribution in [0.4, 0.5) is 0 Å². The quantitative estimate of drug-likeness (QED) is 0.529. The van der Waals surface area contributed by atoms with Crippen LogP contribution in [-0.4, -0.2) is 35.6 Å². The van der Waals surface area contributed by atoms with Gasteiger partial charge < -0.3 is 9.84 Å². The van der Waals surface area contributed by atoms with Crippen LogP contribution in [0, 0.1) is 6.92 Å². The Balaban J connectivity index is 1.55. The first-order valence-electron chi connectivity index (χ1n) is 10.4. The number of nitrogens with zero attached hydrogens (tertiary/aromatic N) is 2. The number of rotatable bonds is 6. The van der Waals surface area contributed by atoms with E-state index in [0.717, 1.165) is 13.1 Å². The molecule has 4 rings (SSSR count). The molecule has 1 saturated heterocycles. The summed E-state index contributed by atoms with van der Waals surface area (Å²) >= 11 is 8.03. The molecule has 0 saturated carbocycles. The number of nitrogens with one attached hydrogen (secondary N) is 1. The highest BCUT2D eigenvalue weighted by atomic mass is 35.5. The zero-order valence-electron chi connectivity index (χ0n) is 17.1. The van der Waals surface area contributed by atoms with E-state index in [-0.39, 0.29) is 11.9 Å². The van der Waals surface area contributed by atoms with Gasteiger partial charge in [0, 0.05) is 12.1 Å². The largest absolute Gasteiger partial charge is 0.360 e. The monoisotopic (exact) mass is 443 g/mol. The maximum absolute atomic E-state index is 13.2. The average Bonchev–Trinajstić information content (AvgIpc) is 3.32. The lowest BCUT2D eigenvalue weighted by atomic mass is 10.0. The summed E-state index contributed by atoms with van der Waals surface area (Å²) in [4.78, 5) is 15.7. The van der Waals surface area contributed by atoms with Crippen molar-refractivity contribution in [2.75, 3.05) is 19.6 Å². The Labute approximate surface area is 186 Å². The lowest BCUT2D eigenvalue weighted by Gasteiger charge is -2.30. The van der Waals surface area contributed by atoms with Crippen molar-refractivity contribution in [1.29, 1.82) is 0 Å². The lowest BCUT2D eigenvalue weighted by molar-refractivity contribution is 0.0932. The van der Waals surface area contributed by atoms with E-state index < -0.39 is 0 Å². The third-order valence-corrected chi connectivity index (χ3v) is 6.72. The number of thiophene rings is 1. The van der Waals surface area contributed by atoms with Crippen LogP contribution >= 0.6 is 22.9 Å². The Morgan fingerprint density at radius 1 is 1.23 bits per heavy atom. The maximum atomic E-state index is 13.2. The lowest BCUT2D eigenvalue weighted by Crippen LogP contribution is -2.38. The first-order chi connectivity index (χ1) is 14.6. The van der Waals surface area contributed by atoms with Gasteiger partial charge >= 0.3 is 0 Å². The molecule has 0 spiro atoms. The molecule has 0 radical (unpaired) electrons. The zero-order chi connectivity index (χ0) is 20.9. The van der Waals surface area contributed by atoms with Gasteiger partial charge in [0.15, 0.2) is 0 Å². The molecule has 1 unspecified atom stereocenters. The summed E-state index contributed by atoms with van der Waals surface area (Å²) < 4.78 is 5.36. The van der Waals surface area contributed by atoms with Gasteiger partial charge in [-0.2, -0.15) is 11.3 Å². The van der Waals surface area contributed by atoms with Gasteiger partial charge in [0.1, 0.15) is 17.0 Å². The van der Waals surface area contributed by atoms with Crippen molar-refractivity contribution in [2.45, 2.75) is 38.6 Å². The van der Waals surface area contributed by atoms with E-state index in [4.69, 9.17) is 16.1 Å². The van der Waals surface area contributed by atoms with Crippen LogP contribution in [0.25, 0.3) is 11.3 Å². The molecule has 7 heteroatoms. The van der Waals surface area contributed by atoms with Crippen molar-refractivity contribution in [1.82, 2.24) is 15.4 Å². The molecule has 5 nitrogen and oxygen atoms in total. The molecule has 158 valence electrons. The van der Waals surface area contributed by atoms with Gasteiger partial charge in [-0.05, 0) is 61.3 Å². The number of hydrogen-bond donors (Lipinski definition) is 1. The fraction of sp³-hybridized carbons (Fsp3) is 0.391. The summed E-state index contributed by atoms with van der Waals surface area (Å²) in [6.07, 6.45) is 4.96. The number of likely N-dealkylation sites (tertiary alicyclic amines) is 1. The van der Waals surface area contributed by atoms with Crippen LogP contribution in [0.3, 0.4) is 0 Å². The van der Waals surface area contributed by atoms with Crippen molar-refractivity contribution in [3.05, 3.63) is 63.0 Å². The van der Waals surface area contributed by atoms with Crippen molar-refractivity contribution in [3.8, 4) is 11.3 Å². The SMILES string of the molecule is Cc1onc(-c2ccccc2Cl)c1C(=O)NCC(c1ccsc1)N1CCCCCC1. The number of aryl methyl sites for hydroxylation is 1. The van der Waals surface area contributed by atoms with Crippen LogP contribution < -0.4 is 5.32 Å². The third kappa shape index (κ3) is 4.61. The van der Waals surface area contributed by atoms with E-state index in [1.54, 1.807) is 24.3 Å². The minimum absolute atomic E-state index is 0.169. The van der Waals surface area contributed by atoms with Gasteiger partial charge in [-0.15, -0.1) is 0 Å². The Morgan fingerprint density at radius 2 is 2.00 bits per heavy atom. The minimum Gasteiger partial charge on any atom is -0.360 e.